The number of halogens is 2. The molecule has 1 atom stereocenters. The molecule has 1 N–H and O–H groups in total. The van der Waals surface area contributed by atoms with Gasteiger partial charge in [-0.15, -0.1) is 0 Å². The Balaban J connectivity index is 1.62. The van der Waals surface area contributed by atoms with E-state index in [2.05, 4.69) is 4.98 Å². The third-order valence-electron chi connectivity index (χ3n) is 4.79. The number of hydrogen-bond donors (Lipinski definition) is 1. The monoisotopic (exact) mass is 449 g/mol. The van der Waals surface area contributed by atoms with E-state index in [-0.39, 0.29) is 5.78 Å². The fourth-order valence-corrected chi connectivity index (χ4v) is 3.74. The summed E-state index contributed by atoms with van der Waals surface area (Å²) in [6, 6.07) is 21.4. The van der Waals surface area contributed by atoms with Crippen molar-refractivity contribution in [3.05, 3.63) is 112 Å². The topological polar surface area (TPSA) is 59.2 Å². The molecule has 0 saturated heterocycles. The molecular formula is C25H17Cl2NO3. The zero-order chi connectivity index (χ0) is 21.8. The van der Waals surface area contributed by atoms with E-state index < -0.39 is 12.1 Å². The van der Waals surface area contributed by atoms with Crippen LogP contribution in [0.5, 0.6) is 0 Å². The third kappa shape index (κ3) is 4.71. The second-order valence-electron chi connectivity index (χ2n) is 6.84. The molecule has 1 heterocycles. The molecule has 3 aromatic carbocycles. The van der Waals surface area contributed by atoms with Gasteiger partial charge < -0.3 is 9.72 Å². The number of benzene rings is 3. The van der Waals surface area contributed by atoms with Crippen molar-refractivity contribution in [3.63, 3.8) is 0 Å². The summed E-state index contributed by atoms with van der Waals surface area (Å²) in [5.74, 6) is -0.969. The zero-order valence-corrected chi connectivity index (χ0v) is 17.7. The lowest BCUT2D eigenvalue weighted by atomic mass is 9.99. The fraction of sp³-hybridized carbons (Fsp3) is 0.0400. The molecule has 0 amide bonds. The Bertz CT molecular complexity index is 1280. The molecule has 4 aromatic rings. The lowest BCUT2D eigenvalue weighted by Gasteiger charge is -2.16. The highest BCUT2D eigenvalue weighted by atomic mass is 35.5. The van der Waals surface area contributed by atoms with Gasteiger partial charge in [-0.1, -0.05) is 77.8 Å². The number of rotatable bonds is 6. The summed E-state index contributed by atoms with van der Waals surface area (Å²) in [6.45, 7) is 0. The van der Waals surface area contributed by atoms with Crippen LogP contribution in [-0.4, -0.2) is 16.7 Å². The largest absolute Gasteiger partial charge is 0.446 e. The van der Waals surface area contributed by atoms with Crippen molar-refractivity contribution >= 4 is 51.9 Å². The molecule has 4 rings (SSSR count). The zero-order valence-electron chi connectivity index (χ0n) is 16.2. The number of carbonyl (C=O) groups excluding carboxylic acids is 2. The average Bonchev–Trinajstić information content (AvgIpc) is 3.21. The lowest BCUT2D eigenvalue weighted by Crippen LogP contribution is -2.19. The van der Waals surface area contributed by atoms with Crippen LogP contribution in [-0.2, 0) is 9.53 Å². The number of para-hydroxylation sites is 1. The van der Waals surface area contributed by atoms with Gasteiger partial charge in [0.1, 0.15) is 0 Å². The highest BCUT2D eigenvalue weighted by Gasteiger charge is 2.27. The summed E-state index contributed by atoms with van der Waals surface area (Å²) < 4.78 is 5.60. The lowest BCUT2D eigenvalue weighted by molar-refractivity contribution is -0.141. The Labute approximate surface area is 189 Å². The molecule has 4 nitrogen and oxygen atoms in total. The first-order valence-electron chi connectivity index (χ1n) is 9.52. The molecule has 6 heteroatoms. The standard InChI is InChI=1S/C25H17Cl2NO3/c26-18-12-10-16(21(27)14-18)11-13-23(29)31-25(17-6-2-1-3-7-17)24(30)20-15-28-22-9-5-4-8-19(20)22/h1-15,25,28H. The molecule has 154 valence electrons. The van der Waals surface area contributed by atoms with Crippen LogP contribution in [0, 0.1) is 0 Å². The summed E-state index contributed by atoms with van der Waals surface area (Å²) in [5.41, 5.74) is 2.49. The Hall–Kier alpha value is -3.34. The van der Waals surface area contributed by atoms with Crippen molar-refractivity contribution in [2.24, 2.45) is 0 Å². The van der Waals surface area contributed by atoms with Crippen LogP contribution >= 0.6 is 23.2 Å². The number of aromatic nitrogens is 1. The van der Waals surface area contributed by atoms with Crippen molar-refractivity contribution in [1.29, 1.82) is 0 Å². The van der Waals surface area contributed by atoms with Crippen LogP contribution in [0.15, 0.2) is 85.1 Å². The maximum absolute atomic E-state index is 13.4. The highest BCUT2D eigenvalue weighted by Crippen LogP contribution is 2.28. The van der Waals surface area contributed by atoms with Crippen molar-refractivity contribution < 1.29 is 14.3 Å². The molecule has 0 aliphatic rings. The number of carbonyl (C=O) groups is 2. The number of Topliss-reactive ketones (excluding diaryl/α,β-unsaturated/α-hetero) is 1. The number of aromatic amines is 1. The average molecular weight is 450 g/mol. The number of fused-ring (bicyclic) bond motifs is 1. The molecule has 0 radical (unpaired) electrons. The van der Waals surface area contributed by atoms with Crippen molar-refractivity contribution in [1.82, 2.24) is 4.98 Å². The number of H-pyrrole nitrogens is 1. The van der Waals surface area contributed by atoms with Gasteiger partial charge in [0, 0.05) is 44.3 Å². The number of nitrogens with one attached hydrogen (secondary N) is 1. The van der Waals surface area contributed by atoms with Gasteiger partial charge in [0.25, 0.3) is 0 Å². The molecule has 31 heavy (non-hydrogen) atoms. The summed E-state index contributed by atoms with van der Waals surface area (Å²) in [4.78, 5) is 29.0. The van der Waals surface area contributed by atoms with Gasteiger partial charge in [-0.3, -0.25) is 4.79 Å². The van der Waals surface area contributed by atoms with Gasteiger partial charge >= 0.3 is 5.97 Å². The van der Waals surface area contributed by atoms with E-state index in [1.807, 2.05) is 30.3 Å². The minimum absolute atomic E-state index is 0.310. The predicted molar refractivity (Wildman–Crippen MR) is 123 cm³/mol. The molecule has 0 aliphatic heterocycles. The van der Waals surface area contributed by atoms with E-state index in [9.17, 15) is 9.59 Å². The summed E-state index contributed by atoms with van der Waals surface area (Å²) >= 11 is 12.0. The van der Waals surface area contributed by atoms with Crippen LogP contribution < -0.4 is 0 Å². The van der Waals surface area contributed by atoms with Crippen LogP contribution in [0.1, 0.15) is 27.6 Å². The number of hydrogen-bond acceptors (Lipinski definition) is 3. The number of esters is 1. The third-order valence-corrected chi connectivity index (χ3v) is 5.35. The smallest absolute Gasteiger partial charge is 0.331 e. The molecule has 0 fully saturated rings. The molecule has 1 unspecified atom stereocenters. The van der Waals surface area contributed by atoms with Gasteiger partial charge in [0.15, 0.2) is 6.10 Å². The number of ketones is 1. The first-order valence-corrected chi connectivity index (χ1v) is 10.3. The quantitative estimate of drug-likeness (QED) is 0.203. The Morgan fingerprint density at radius 3 is 2.45 bits per heavy atom. The SMILES string of the molecule is O=C(C=Cc1ccc(Cl)cc1Cl)OC(C(=O)c1c[nH]c2ccccc12)c1ccccc1. The number of ether oxygens (including phenoxy) is 1. The van der Waals surface area contributed by atoms with Crippen molar-refractivity contribution in [2.45, 2.75) is 6.10 Å². The van der Waals surface area contributed by atoms with Gasteiger partial charge in [-0.2, -0.15) is 0 Å². The van der Waals surface area contributed by atoms with Crippen LogP contribution in [0.2, 0.25) is 10.0 Å². The van der Waals surface area contributed by atoms with E-state index in [1.165, 1.54) is 12.2 Å². The first kappa shape index (κ1) is 20.9. The van der Waals surface area contributed by atoms with Crippen LogP contribution in [0.25, 0.3) is 17.0 Å². The minimum Gasteiger partial charge on any atom is -0.446 e. The van der Waals surface area contributed by atoms with Crippen LogP contribution in [0.3, 0.4) is 0 Å². The Kier molecular flexibility index (Phi) is 6.21. The molecule has 0 spiro atoms. The summed E-state index contributed by atoms with van der Waals surface area (Å²) in [7, 11) is 0. The predicted octanol–water partition coefficient (Wildman–Crippen LogP) is 6.66. The Morgan fingerprint density at radius 2 is 1.68 bits per heavy atom. The first-order chi connectivity index (χ1) is 15.0. The summed E-state index contributed by atoms with van der Waals surface area (Å²) in [5, 5.41) is 1.68. The highest BCUT2D eigenvalue weighted by molar-refractivity contribution is 6.35. The fourth-order valence-electron chi connectivity index (χ4n) is 3.27. The van der Waals surface area contributed by atoms with E-state index >= 15 is 0 Å². The second kappa shape index (κ2) is 9.21. The van der Waals surface area contributed by atoms with Crippen molar-refractivity contribution in [3.8, 4) is 0 Å². The molecule has 0 bridgehead atoms. The van der Waals surface area contributed by atoms with E-state index in [4.69, 9.17) is 27.9 Å². The minimum atomic E-state index is -1.08. The molecular weight excluding hydrogens is 433 g/mol. The van der Waals surface area contributed by atoms with Gasteiger partial charge in [0.05, 0.1) is 0 Å². The summed E-state index contributed by atoms with van der Waals surface area (Å²) in [6.07, 6.45) is 3.32. The van der Waals surface area contributed by atoms with E-state index in [0.717, 1.165) is 10.9 Å². The van der Waals surface area contributed by atoms with E-state index in [1.54, 1.807) is 48.7 Å². The van der Waals surface area contributed by atoms with Gasteiger partial charge in [-0.05, 0) is 29.8 Å². The Morgan fingerprint density at radius 1 is 0.935 bits per heavy atom. The van der Waals surface area contributed by atoms with Gasteiger partial charge in [0.2, 0.25) is 5.78 Å². The molecule has 0 aliphatic carbocycles. The normalized spacial score (nSPS) is 12.2. The molecule has 1 aromatic heterocycles. The maximum atomic E-state index is 13.4. The van der Waals surface area contributed by atoms with Gasteiger partial charge in [-0.25, -0.2) is 4.79 Å². The maximum Gasteiger partial charge on any atom is 0.331 e. The van der Waals surface area contributed by atoms with Crippen molar-refractivity contribution in [2.75, 3.05) is 0 Å². The van der Waals surface area contributed by atoms with Crippen LogP contribution in [0.4, 0.5) is 0 Å². The second-order valence-corrected chi connectivity index (χ2v) is 7.68. The molecule has 0 saturated carbocycles. The van der Waals surface area contributed by atoms with E-state index in [0.29, 0.717) is 26.7 Å².